The molecule has 21 heavy (non-hydrogen) atoms. The first-order chi connectivity index (χ1) is 9.93. The van der Waals surface area contributed by atoms with E-state index in [-0.39, 0.29) is 11.4 Å². The van der Waals surface area contributed by atoms with Gasteiger partial charge in [0.2, 0.25) is 0 Å². The van der Waals surface area contributed by atoms with E-state index in [2.05, 4.69) is 40.9 Å². The Balaban J connectivity index is 2.06. The lowest BCUT2D eigenvalue weighted by atomic mass is 10.0. The van der Waals surface area contributed by atoms with Crippen LogP contribution in [0.2, 0.25) is 0 Å². The van der Waals surface area contributed by atoms with Gasteiger partial charge < -0.3 is 10.2 Å². The maximum atomic E-state index is 14.6. The Hall–Kier alpha value is -1.20. The topological polar surface area (TPSA) is 31.4 Å². The third-order valence-corrected chi connectivity index (χ3v) is 4.04. The van der Waals surface area contributed by atoms with Crippen LogP contribution in [0.5, 0.6) is 0 Å². The summed E-state index contributed by atoms with van der Waals surface area (Å²) >= 11 is 0. The van der Waals surface area contributed by atoms with Crippen molar-refractivity contribution in [1.82, 2.24) is 15.2 Å². The highest BCUT2D eigenvalue weighted by molar-refractivity contribution is 5.43. The predicted molar refractivity (Wildman–Crippen MR) is 85.1 cm³/mol. The van der Waals surface area contributed by atoms with Crippen LogP contribution in [0.25, 0.3) is 0 Å². The van der Waals surface area contributed by atoms with Crippen LogP contribution in [0.15, 0.2) is 12.3 Å². The summed E-state index contributed by atoms with van der Waals surface area (Å²) in [6.45, 7) is 13.6. The minimum Gasteiger partial charge on any atom is -0.352 e. The van der Waals surface area contributed by atoms with Crippen LogP contribution in [-0.2, 0) is 6.54 Å². The largest absolute Gasteiger partial charge is 0.352 e. The van der Waals surface area contributed by atoms with Gasteiger partial charge >= 0.3 is 0 Å². The average molecular weight is 294 g/mol. The van der Waals surface area contributed by atoms with Crippen molar-refractivity contribution in [2.75, 3.05) is 37.6 Å². The van der Waals surface area contributed by atoms with E-state index >= 15 is 0 Å². The molecule has 1 saturated heterocycles. The van der Waals surface area contributed by atoms with Gasteiger partial charge in [-0.15, -0.1) is 0 Å². The summed E-state index contributed by atoms with van der Waals surface area (Å²) in [4.78, 5) is 8.76. The molecule has 1 aliphatic heterocycles. The minimum absolute atomic E-state index is 0.172. The molecule has 1 aliphatic rings. The monoisotopic (exact) mass is 294 g/mol. The number of anilines is 1. The lowest BCUT2D eigenvalue weighted by Gasteiger charge is -2.42. The molecule has 1 aromatic heterocycles. The first-order valence-corrected chi connectivity index (χ1v) is 7.77. The molecule has 0 radical (unpaired) electrons. The second-order valence-corrected chi connectivity index (χ2v) is 6.53. The van der Waals surface area contributed by atoms with Crippen molar-refractivity contribution >= 4 is 5.82 Å². The van der Waals surface area contributed by atoms with E-state index in [0.717, 1.165) is 32.7 Å². The molecular weight excluding hydrogens is 267 g/mol. The zero-order chi connectivity index (χ0) is 15.5. The zero-order valence-corrected chi connectivity index (χ0v) is 13.6. The summed E-state index contributed by atoms with van der Waals surface area (Å²) in [5.41, 5.74) is 0.866. The Kier molecular flexibility index (Phi) is 5.17. The molecule has 0 amide bonds. The quantitative estimate of drug-likeness (QED) is 0.923. The van der Waals surface area contributed by atoms with Gasteiger partial charge in [0.25, 0.3) is 0 Å². The summed E-state index contributed by atoms with van der Waals surface area (Å²) in [5, 5.41) is 3.17. The van der Waals surface area contributed by atoms with Crippen molar-refractivity contribution < 1.29 is 4.39 Å². The Morgan fingerprint density at radius 3 is 2.48 bits per heavy atom. The number of hydrogen-bond acceptors (Lipinski definition) is 4. The van der Waals surface area contributed by atoms with Gasteiger partial charge in [0.05, 0.1) is 0 Å². The Morgan fingerprint density at radius 1 is 1.24 bits per heavy atom. The van der Waals surface area contributed by atoms with E-state index in [0.29, 0.717) is 17.9 Å². The third-order valence-electron chi connectivity index (χ3n) is 4.04. The van der Waals surface area contributed by atoms with Gasteiger partial charge in [0.15, 0.2) is 11.6 Å². The molecule has 1 N–H and O–H groups in total. The molecule has 2 heterocycles. The van der Waals surface area contributed by atoms with E-state index in [1.165, 1.54) is 0 Å². The van der Waals surface area contributed by atoms with Gasteiger partial charge in [-0.25, -0.2) is 9.37 Å². The van der Waals surface area contributed by atoms with Gasteiger partial charge in [-0.3, -0.25) is 4.90 Å². The van der Waals surface area contributed by atoms with Crippen molar-refractivity contribution in [1.29, 1.82) is 0 Å². The van der Waals surface area contributed by atoms with Crippen molar-refractivity contribution in [2.24, 2.45) is 0 Å². The fourth-order valence-electron chi connectivity index (χ4n) is 2.68. The first-order valence-electron chi connectivity index (χ1n) is 7.77. The van der Waals surface area contributed by atoms with Crippen molar-refractivity contribution in [3.05, 3.63) is 23.6 Å². The zero-order valence-electron chi connectivity index (χ0n) is 13.6. The maximum absolute atomic E-state index is 14.6. The van der Waals surface area contributed by atoms with E-state index in [1.54, 1.807) is 12.3 Å². The molecule has 118 valence electrons. The number of halogens is 1. The highest BCUT2D eigenvalue weighted by atomic mass is 19.1. The van der Waals surface area contributed by atoms with Crippen LogP contribution in [-0.4, -0.2) is 48.1 Å². The van der Waals surface area contributed by atoms with Crippen LogP contribution in [0, 0.1) is 5.82 Å². The number of hydrogen-bond donors (Lipinski definition) is 1. The Labute approximate surface area is 127 Å². The molecule has 5 heteroatoms. The third kappa shape index (κ3) is 3.92. The highest BCUT2D eigenvalue weighted by Crippen LogP contribution is 2.23. The Bertz CT molecular complexity index is 462. The second kappa shape index (κ2) is 6.71. The number of pyridine rings is 1. The molecule has 0 bridgehead atoms. The molecule has 0 unspecified atom stereocenters. The van der Waals surface area contributed by atoms with Crippen LogP contribution in [0.3, 0.4) is 0 Å². The fraction of sp³-hybridized carbons (Fsp3) is 0.688. The summed E-state index contributed by atoms with van der Waals surface area (Å²) < 4.78 is 14.6. The van der Waals surface area contributed by atoms with E-state index in [9.17, 15) is 4.39 Å². The van der Waals surface area contributed by atoms with Gasteiger partial charge in [-0.2, -0.15) is 0 Å². The molecule has 4 nitrogen and oxygen atoms in total. The number of nitrogens with one attached hydrogen (secondary N) is 1. The Morgan fingerprint density at radius 2 is 1.90 bits per heavy atom. The van der Waals surface area contributed by atoms with Crippen LogP contribution < -0.4 is 10.2 Å². The van der Waals surface area contributed by atoms with Crippen molar-refractivity contribution in [3.8, 4) is 0 Å². The summed E-state index contributed by atoms with van der Waals surface area (Å²) in [7, 11) is 0. The highest BCUT2D eigenvalue weighted by Gasteiger charge is 2.27. The lowest BCUT2D eigenvalue weighted by Crippen LogP contribution is -2.53. The standard InChI is InChI=1S/C16H27FN4/c1-5-18-12-13-6-7-19-15(14(13)17)20-8-10-21(11-9-20)16(2,3)4/h6-7,18H,5,8-12H2,1-4H3. The molecule has 0 spiro atoms. The molecule has 2 rings (SSSR count). The first kappa shape index (κ1) is 16.2. The maximum Gasteiger partial charge on any atom is 0.170 e. The van der Waals surface area contributed by atoms with Gasteiger partial charge in [-0.1, -0.05) is 6.92 Å². The van der Waals surface area contributed by atoms with Gasteiger partial charge in [0.1, 0.15) is 0 Å². The lowest BCUT2D eigenvalue weighted by molar-refractivity contribution is 0.128. The average Bonchev–Trinajstić information content (AvgIpc) is 2.45. The number of piperazine rings is 1. The van der Waals surface area contributed by atoms with E-state index in [4.69, 9.17) is 0 Å². The fourth-order valence-corrected chi connectivity index (χ4v) is 2.68. The predicted octanol–water partition coefficient (Wildman–Crippen LogP) is 2.25. The molecule has 0 saturated carbocycles. The number of rotatable bonds is 4. The molecular formula is C16H27FN4. The summed E-state index contributed by atoms with van der Waals surface area (Å²) in [6, 6.07) is 1.76. The van der Waals surface area contributed by atoms with Crippen LogP contribution in [0.1, 0.15) is 33.3 Å². The van der Waals surface area contributed by atoms with E-state index in [1.807, 2.05) is 6.92 Å². The van der Waals surface area contributed by atoms with Gasteiger partial charge in [0, 0.05) is 50.0 Å². The van der Waals surface area contributed by atoms with Crippen molar-refractivity contribution in [3.63, 3.8) is 0 Å². The normalized spacial score (nSPS) is 17.3. The molecule has 0 atom stereocenters. The SMILES string of the molecule is CCNCc1ccnc(N2CCN(C(C)(C)C)CC2)c1F. The summed E-state index contributed by atoms with van der Waals surface area (Å²) in [6.07, 6.45) is 1.71. The second-order valence-electron chi connectivity index (χ2n) is 6.53. The van der Waals surface area contributed by atoms with Crippen LogP contribution >= 0.6 is 0 Å². The van der Waals surface area contributed by atoms with Crippen LogP contribution in [0.4, 0.5) is 10.2 Å². The van der Waals surface area contributed by atoms with E-state index < -0.39 is 0 Å². The number of aromatic nitrogens is 1. The van der Waals surface area contributed by atoms with Gasteiger partial charge in [-0.05, 0) is 33.4 Å². The number of nitrogens with zero attached hydrogens (tertiary/aromatic N) is 3. The summed E-state index contributed by atoms with van der Waals surface area (Å²) in [5.74, 6) is 0.321. The minimum atomic E-state index is -0.178. The molecule has 1 aromatic rings. The smallest absolute Gasteiger partial charge is 0.170 e. The molecule has 0 aromatic carbocycles. The molecule has 0 aliphatic carbocycles. The van der Waals surface area contributed by atoms with Crippen molar-refractivity contribution in [2.45, 2.75) is 39.8 Å². The molecule has 1 fully saturated rings.